The predicted octanol–water partition coefficient (Wildman–Crippen LogP) is 5.67. The number of benzene rings is 4. The molecule has 0 unspecified atom stereocenters. The van der Waals surface area contributed by atoms with E-state index in [2.05, 4.69) is 0 Å². The number of halogens is 3. The minimum Gasteiger partial charge on any atom is -0.207 e. The smallest absolute Gasteiger partial charge is 0.207 e. The molecule has 0 aromatic heterocycles. The Hall–Kier alpha value is -2.19. The predicted molar refractivity (Wildman–Crippen MR) is 114 cm³/mol. The molecule has 0 aliphatic heterocycles. The van der Waals surface area contributed by atoms with Crippen molar-refractivity contribution < 1.29 is 21.2 Å². The molecule has 4 aromatic rings. The molecule has 0 radical (unpaired) electrons. The number of rotatable bonds is 2. The highest BCUT2D eigenvalue weighted by atomic mass is 35.7. The third-order valence-electron chi connectivity index (χ3n) is 4.11. The van der Waals surface area contributed by atoms with Gasteiger partial charge in [-0.3, -0.25) is 0 Å². The molecule has 0 amide bonds. The van der Waals surface area contributed by atoms with Crippen LogP contribution >= 0.6 is 21.4 Å². The van der Waals surface area contributed by atoms with Crippen molar-refractivity contribution in [3.05, 3.63) is 84.7 Å². The topological polar surface area (TPSA) is 68.3 Å². The summed E-state index contributed by atoms with van der Waals surface area (Å²) in [4.78, 5) is 0.0958. The maximum absolute atomic E-state index is 13.3. The van der Waals surface area contributed by atoms with Gasteiger partial charge in [-0.25, -0.2) is 21.2 Å². The van der Waals surface area contributed by atoms with E-state index in [1.54, 1.807) is 30.3 Å². The first-order valence-corrected chi connectivity index (χ1v) is 12.8. The van der Waals surface area contributed by atoms with Crippen LogP contribution < -0.4 is 0 Å². The molecule has 9 heteroatoms. The third-order valence-corrected chi connectivity index (χ3v) is 6.87. The Morgan fingerprint density at radius 2 is 1.03 bits per heavy atom. The van der Waals surface area contributed by atoms with Gasteiger partial charge in [0.15, 0.2) is 0 Å². The Balaban J connectivity index is 0.000000166. The number of fused-ring (bicyclic) bond motifs is 2. The molecule has 150 valence electrons. The van der Waals surface area contributed by atoms with Crippen LogP contribution in [-0.4, -0.2) is 16.8 Å². The second-order valence-corrected chi connectivity index (χ2v) is 11.0. The first-order chi connectivity index (χ1) is 13.6. The van der Waals surface area contributed by atoms with Gasteiger partial charge < -0.3 is 0 Å². The monoisotopic (exact) mass is 470 g/mol. The maximum Gasteiger partial charge on any atom is 0.261 e. The number of hydrogen-bond donors (Lipinski definition) is 0. The molecular weight excluding hydrogens is 458 g/mol. The molecule has 0 atom stereocenters. The molecule has 0 aliphatic rings. The van der Waals surface area contributed by atoms with Gasteiger partial charge in [-0.2, -0.15) is 0 Å². The summed E-state index contributed by atoms with van der Waals surface area (Å²) in [5.74, 6) is -0.463. The molecule has 0 bridgehead atoms. The first-order valence-electron chi connectivity index (χ1n) is 8.13. The summed E-state index contributed by atoms with van der Waals surface area (Å²) in [6.45, 7) is 0. The van der Waals surface area contributed by atoms with Gasteiger partial charge >= 0.3 is 0 Å². The summed E-state index contributed by atoms with van der Waals surface area (Å²) in [6, 6.07) is 20.8. The van der Waals surface area contributed by atoms with Gasteiger partial charge in [-0.05, 0) is 23.6 Å². The lowest BCUT2D eigenvalue weighted by atomic mass is 10.1. The molecule has 4 rings (SSSR count). The zero-order chi connectivity index (χ0) is 21.2. The molecular formula is C20H13Cl2FO4S2. The van der Waals surface area contributed by atoms with Gasteiger partial charge in [0.25, 0.3) is 18.1 Å². The average Bonchev–Trinajstić information content (AvgIpc) is 2.67. The standard InChI is InChI=1S/C10H6ClFO2S.C10H7ClO2S/c11-15(13,14)10-6-5-9(12)7-3-1-2-4-8(7)10;11-14(12,13)10-7-3-5-8-4-1-2-6-9(8)10/h1-6H;1-7H. The van der Waals surface area contributed by atoms with Crippen LogP contribution in [0.2, 0.25) is 0 Å². The van der Waals surface area contributed by atoms with Crippen molar-refractivity contribution in [3.8, 4) is 0 Å². The van der Waals surface area contributed by atoms with E-state index in [4.69, 9.17) is 21.4 Å². The summed E-state index contributed by atoms with van der Waals surface area (Å²) in [6.07, 6.45) is 0. The van der Waals surface area contributed by atoms with Crippen LogP contribution in [0.15, 0.2) is 88.7 Å². The Labute approximate surface area is 176 Å². The van der Waals surface area contributed by atoms with E-state index >= 15 is 0 Å². The zero-order valence-corrected chi connectivity index (χ0v) is 17.7. The first kappa shape index (κ1) is 21.5. The molecule has 0 saturated heterocycles. The van der Waals surface area contributed by atoms with Gasteiger partial charge in [-0.1, -0.05) is 60.7 Å². The summed E-state index contributed by atoms with van der Waals surface area (Å²) in [7, 11) is 3.05. The Morgan fingerprint density at radius 3 is 1.66 bits per heavy atom. The average molecular weight is 471 g/mol. The largest absolute Gasteiger partial charge is 0.261 e. The van der Waals surface area contributed by atoms with Crippen molar-refractivity contribution >= 4 is 61.0 Å². The highest BCUT2D eigenvalue weighted by Gasteiger charge is 2.15. The van der Waals surface area contributed by atoms with Crippen LogP contribution in [0.5, 0.6) is 0 Å². The van der Waals surface area contributed by atoms with Crippen LogP contribution in [0.4, 0.5) is 4.39 Å². The van der Waals surface area contributed by atoms with Crippen molar-refractivity contribution in [3.63, 3.8) is 0 Å². The van der Waals surface area contributed by atoms with Crippen LogP contribution in [0.3, 0.4) is 0 Å². The fraction of sp³-hybridized carbons (Fsp3) is 0. The lowest BCUT2D eigenvalue weighted by Gasteiger charge is -2.03. The van der Waals surface area contributed by atoms with Crippen LogP contribution in [-0.2, 0) is 18.1 Å². The highest BCUT2D eigenvalue weighted by Crippen LogP contribution is 2.27. The van der Waals surface area contributed by atoms with Gasteiger partial charge in [0.05, 0.1) is 9.79 Å². The van der Waals surface area contributed by atoms with Crippen molar-refractivity contribution in [1.29, 1.82) is 0 Å². The van der Waals surface area contributed by atoms with Crippen LogP contribution in [0, 0.1) is 5.82 Å². The minimum atomic E-state index is -3.84. The molecule has 0 heterocycles. The highest BCUT2D eigenvalue weighted by molar-refractivity contribution is 8.14. The molecule has 29 heavy (non-hydrogen) atoms. The number of hydrogen-bond acceptors (Lipinski definition) is 4. The molecule has 0 aliphatic carbocycles. The lowest BCUT2D eigenvalue weighted by Crippen LogP contribution is -1.93. The summed E-state index contributed by atoms with van der Waals surface area (Å²) < 4.78 is 58.1. The van der Waals surface area contributed by atoms with Gasteiger partial charge in [0.2, 0.25) is 0 Å². The minimum absolute atomic E-state index is 0.0684. The van der Waals surface area contributed by atoms with E-state index in [0.717, 1.165) is 11.5 Å². The van der Waals surface area contributed by atoms with E-state index in [-0.39, 0.29) is 15.2 Å². The van der Waals surface area contributed by atoms with E-state index < -0.39 is 23.9 Å². The molecule has 0 spiro atoms. The van der Waals surface area contributed by atoms with Crippen molar-refractivity contribution in [2.24, 2.45) is 0 Å². The lowest BCUT2D eigenvalue weighted by molar-refractivity contribution is 0.608. The molecule has 4 aromatic carbocycles. The third kappa shape index (κ3) is 4.87. The van der Waals surface area contributed by atoms with Crippen LogP contribution in [0.25, 0.3) is 21.5 Å². The Bertz CT molecular complexity index is 1410. The van der Waals surface area contributed by atoms with Gasteiger partial charge in [-0.15, -0.1) is 0 Å². The van der Waals surface area contributed by atoms with Gasteiger partial charge in [0, 0.05) is 37.5 Å². The van der Waals surface area contributed by atoms with Crippen molar-refractivity contribution in [2.75, 3.05) is 0 Å². The SMILES string of the molecule is O=S(=O)(Cl)c1ccc(F)c2ccccc12.O=S(=O)(Cl)c1cccc2ccccc12. The summed E-state index contributed by atoms with van der Waals surface area (Å²) >= 11 is 0. The molecule has 0 saturated carbocycles. The second-order valence-electron chi connectivity index (χ2n) is 5.94. The summed E-state index contributed by atoms with van der Waals surface area (Å²) in [5.41, 5.74) is 0. The van der Waals surface area contributed by atoms with E-state index in [1.807, 2.05) is 18.2 Å². The molecule has 0 fully saturated rings. The fourth-order valence-electron chi connectivity index (χ4n) is 2.86. The van der Waals surface area contributed by atoms with E-state index in [9.17, 15) is 21.2 Å². The zero-order valence-electron chi connectivity index (χ0n) is 14.6. The molecule has 4 nitrogen and oxygen atoms in total. The Morgan fingerprint density at radius 1 is 0.552 bits per heavy atom. The van der Waals surface area contributed by atoms with E-state index in [0.29, 0.717) is 10.8 Å². The quantitative estimate of drug-likeness (QED) is 0.353. The van der Waals surface area contributed by atoms with Crippen molar-refractivity contribution in [2.45, 2.75) is 9.79 Å². The Kier molecular flexibility index (Phi) is 6.14. The van der Waals surface area contributed by atoms with Gasteiger partial charge in [0.1, 0.15) is 5.82 Å². The second kappa shape index (κ2) is 8.28. The van der Waals surface area contributed by atoms with Crippen molar-refractivity contribution in [1.82, 2.24) is 0 Å². The summed E-state index contributed by atoms with van der Waals surface area (Å²) in [5, 5.41) is 2.07. The molecule has 0 N–H and O–H groups in total. The van der Waals surface area contributed by atoms with E-state index in [1.165, 1.54) is 24.3 Å². The fourth-order valence-corrected chi connectivity index (χ4v) is 5.02. The normalized spacial score (nSPS) is 11.8. The van der Waals surface area contributed by atoms with Crippen LogP contribution in [0.1, 0.15) is 0 Å². The maximum atomic E-state index is 13.3.